The number of aliphatic carboxylic acids is 1. The maximum Gasteiger partial charge on any atom is 0.328 e. The Morgan fingerprint density at radius 3 is 2.63 bits per heavy atom. The Bertz CT molecular complexity index is 1000. The number of carboxylic acid groups (broad SMARTS) is 1. The maximum absolute atomic E-state index is 12.5. The normalized spacial score (nSPS) is 23.8. The van der Waals surface area contributed by atoms with Crippen LogP contribution in [0.1, 0.15) is 29.9 Å². The van der Waals surface area contributed by atoms with Gasteiger partial charge in [-0.05, 0) is 24.6 Å². The molecule has 1 saturated carbocycles. The monoisotopic (exact) mass is 385 g/mol. The molecule has 2 aliphatic rings. The van der Waals surface area contributed by atoms with E-state index in [9.17, 15) is 13.2 Å². The fraction of sp³-hybridized carbons (Fsp3) is 0.250. The summed E-state index contributed by atoms with van der Waals surface area (Å²) in [5, 5.41) is 8.83. The summed E-state index contributed by atoms with van der Waals surface area (Å²) in [7, 11) is -3.56. The summed E-state index contributed by atoms with van der Waals surface area (Å²) in [6, 6.07) is 13.8. The van der Waals surface area contributed by atoms with Gasteiger partial charge in [0.2, 0.25) is 10.0 Å². The molecule has 0 bridgehead atoms. The van der Waals surface area contributed by atoms with Gasteiger partial charge in [0.25, 0.3) is 0 Å². The molecule has 1 aliphatic carbocycles. The first kappa shape index (κ1) is 17.8. The number of ether oxygens (including phenoxy) is 1. The minimum absolute atomic E-state index is 0.0988. The first-order valence-electron chi connectivity index (χ1n) is 8.72. The van der Waals surface area contributed by atoms with Crippen LogP contribution in [0.2, 0.25) is 0 Å². The van der Waals surface area contributed by atoms with E-state index in [0.717, 1.165) is 17.2 Å². The molecule has 2 N–H and O–H groups in total. The summed E-state index contributed by atoms with van der Waals surface area (Å²) in [5.74, 6) is -0.211. The third-order valence-electron chi connectivity index (χ3n) is 5.03. The smallest absolute Gasteiger partial charge is 0.328 e. The van der Waals surface area contributed by atoms with Crippen molar-refractivity contribution in [2.24, 2.45) is 0 Å². The van der Waals surface area contributed by atoms with Gasteiger partial charge < -0.3 is 9.84 Å². The van der Waals surface area contributed by atoms with Gasteiger partial charge in [0.05, 0.1) is 4.90 Å². The predicted octanol–water partition coefficient (Wildman–Crippen LogP) is 2.77. The number of nitrogens with one attached hydrogen (secondary N) is 1. The molecule has 0 radical (unpaired) electrons. The van der Waals surface area contributed by atoms with Crippen LogP contribution in [0.25, 0.3) is 6.08 Å². The van der Waals surface area contributed by atoms with Crippen LogP contribution in [0, 0.1) is 0 Å². The summed E-state index contributed by atoms with van der Waals surface area (Å²) in [5.41, 5.74) is 1.74. The molecule has 0 spiro atoms. The SMILES string of the molecule is O=C(O)/C=C/c1cccc2c1OC1CC(NS(=O)(=O)c3ccccc3)CC21. The Kier molecular flexibility index (Phi) is 4.49. The quantitative estimate of drug-likeness (QED) is 0.772. The Morgan fingerprint density at radius 1 is 1.11 bits per heavy atom. The van der Waals surface area contributed by atoms with E-state index in [1.807, 2.05) is 18.2 Å². The first-order chi connectivity index (χ1) is 12.9. The molecule has 3 unspecified atom stereocenters. The lowest BCUT2D eigenvalue weighted by Crippen LogP contribution is -2.33. The van der Waals surface area contributed by atoms with Crippen molar-refractivity contribution in [1.82, 2.24) is 4.72 Å². The Labute approximate surface area is 157 Å². The average molecular weight is 385 g/mol. The summed E-state index contributed by atoms with van der Waals surface area (Å²) < 4.78 is 33.9. The molecule has 140 valence electrons. The van der Waals surface area contributed by atoms with E-state index < -0.39 is 16.0 Å². The molecule has 27 heavy (non-hydrogen) atoms. The second kappa shape index (κ2) is 6.83. The predicted molar refractivity (Wildman–Crippen MR) is 100 cm³/mol. The highest BCUT2D eigenvalue weighted by atomic mass is 32.2. The number of benzene rings is 2. The van der Waals surface area contributed by atoms with Crippen LogP contribution in [-0.2, 0) is 14.8 Å². The summed E-state index contributed by atoms with van der Waals surface area (Å²) in [6.07, 6.45) is 3.73. The van der Waals surface area contributed by atoms with Gasteiger partial charge >= 0.3 is 5.97 Å². The third kappa shape index (κ3) is 3.48. The zero-order valence-corrected chi connectivity index (χ0v) is 15.2. The second-order valence-electron chi connectivity index (χ2n) is 6.80. The molecule has 1 aliphatic heterocycles. The highest BCUT2D eigenvalue weighted by Gasteiger charge is 2.44. The van der Waals surface area contributed by atoms with Gasteiger partial charge in [0, 0.05) is 35.6 Å². The van der Waals surface area contributed by atoms with Crippen LogP contribution < -0.4 is 9.46 Å². The van der Waals surface area contributed by atoms with Crippen LogP contribution >= 0.6 is 0 Å². The lowest BCUT2D eigenvalue weighted by molar-refractivity contribution is -0.131. The van der Waals surface area contributed by atoms with Crippen molar-refractivity contribution < 1.29 is 23.1 Å². The van der Waals surface area contributed by atoms with Gasteiger partial charge in [-0.2, -0.15) is 0 Å². The fourth-order valence-electron chi connectivity index (χ4n) is 3.89. The van der Waals surface area contributed by atoms with Gasteiger partial charge in [0.1, 0.15) is 11.9 Å². The van der Waals surface area contributed by atoms with Crippen molar-refractivity contribution in [2.45, 2.75) is 35.8 Å². The maximum atomic E-state index is 12.5. The fourth-order valence-corrected chi connectivity index (χ4v) is 5.17. The molecular weight excluding hydrogens is 366 g/mol. The molecular formula is C20H19NO5S. The van der Waals surface area contributed by atoms with Gasteiger partial charge in [-0.1, -0.05) is 36.4 Å². The highest BCUT2D eigenvalue weighted by molar-refractivity contribution is 7.89. The van der Waals surface area contributed by atoms with Gasteiger partial charge in [0.15, 0.2) is 0 Å². The van der Waals surface area contributed by atoms with Crippen LogP contribution in [0.15, 0.2) is 59.5 Å². The standard InChI is InChI=1S/C20H19NO5S/c22-19(23)10-9-13-5-4-8-16-17-11-14(12-18(17)26-20(13)16)21-27(24,25)15-6-2-1-3-7-15/h1-10,14,17-18,21H,11-12H2,(H,22,23)/b10-9+. The van der Waals surface area contributed by atoms with Crippen LogP contribution in [0.4, 0.5) is 0 Å². The topological polar surface area (TPSA) is 92.7 Å². The van der Waals surface area contributed by atoms with Crippen molar-refractivity contribution in [3.8, 4) is 5.75 Å². The minimum atomic E-state index is -3.56. The molecule has 4 rings (SSSR count). The number of fused-ring (bicyclic) bond motifs is 3. The molecule has 1 heterocycles. The number of hydrogen-bond donors (Lipinski definition) is 2. The Morgan fingerprint density at radius 2 is 1.89 bits per heavy atom. The van der Waals surface area contributed by atoms with Gasteiger partial charge in [-0.25, -0.2) is 17.9 Å². The lowest BCUT2D eigenvalue weighted by atomic mass is 9.95. The third-order valence-corrected chi connectivity index (χ3v) is 6.57. The number of carbonyl (C=O) groups is 1. The molecule has 1 fully saturated rings. The summed E-state index contributed by atoms with van der Waals surface area (Å²) in [6.45, 7) is 0. The second-order valence-corrected chi connectivity index (χ2v) is 8.52. The van der Waals surface area contributed by atoms with E-state index in [1.54, 1.807) is 30.3 Å². The average Bonchev–Trinajstić information content (AvgIpc) is 3.17. The molecule has 6 nitrogen and oxygen atoms in total. The molecule has 2 aromatic rings. The van der Waals surface area contributed by atoms with Crippen molar-refractivity contribution in [3.63, 3.8) is 0 Å². The van der Waals surface area contributed by atoms with Crippen molar-refractivity contribution in [2.75, 3.05) is 0 Å². The first-order valence-corrected chi connectivity index (χ1v) is 10.2. The van der Waals surface area contributed by atoms with E-state index in [4.69, 9.17) is 9.84 Å². The lowest BCUT2D eigenvalue weighted by Gasteiger charge is -2.15. The number of sulfonamides is 1. The van der Waals surface area contributed by atoms with Gasteiger partial charge in [-0.15, -0.1) is 0 Å². The largest absolute Gasteiger partial charge is 0.489 e. The highest BCUT2D eigenvalue weighted by Crippen LogP contribution is 2.48. The summed E-state index contributed by atoms with van der Waals surface area (Å²) in [4.78, 5) is 11.0. The minimum Gasteiger partial charge on any atom is -0.489 e. The van der Waals surface area contributed by atoms with E-state index in [1.165, 1.54) is 6.08 Å². The van der Waals surface area contributed by atoms with E-state index in [2.05, 4.69) is 4.72 Å². The Hall–Kier alpha value is -2.64. The van der Waals surface area contributed by atoms with E-state index >= 15 is 0 Å². The molecule has 0 aromatic heterocycles. The Balaban J connectivity index is 1.52. The van der Waals surface area contributed by atoms with Crippen LogP contribution in [0.5, 0.6) is 5.75 Å². The number of carboxylic acids is 1. The van der Waals surface area contributed by atoms with Gasteiger partial charge in [-0.3, -0.25) is 0 Å². The van der Waals surface area contributed by atoms with Crippen LogP contribution in [0.3, 0.4) is 0 Å². The van der Waals surface area contributed by atoms with E-state index in [-0.39, 0.29) is 23.0 Å². The molecule has 7 heteroatoms. The molecule has 0 saturated heterocycles. The van der Waals surface area contributed by atoms with E-state index in [0.29, 0.717) is 18.6 Å². The molecule has 0 amide bonds. The number of rotatable bonds is 5. The summed E-state index contributed by atoms with van der Waals surface area (Å²) >= 11 is 0. The van der Waals surface area contributed by atoms with Crippen molar-refractivity contribution >= 4 is 22.1 Å². The number of para-hydroxylation sites is 1. The van der Waals surface area contributed by atoms with Crippen LogP contribution in [-0.4, -0.2) is 31.6 Å². The number of hydrogen-bond acceptors (Lipinski definition) is 4. The molecule has 2 aromatic carbocycles. The van der Waals surface area contributed by atoms with Crippen molar-refractivity contribution in [1.29, 1.82) is 0 Å². The zero-order valence-electron chi connectivity index (χ0n) is 14.4. The van der Waals surface area contributed by atoms with Crippen molar-refractivity contribution in [3.05, 3.63) is 65.7 Å². The molecule has 3 atom stereocenters. The zero-order chi connectivity index (χ0) is 19.0.